The molecule has 0 radical (unpaired) electrons. The summed E-state index contributed by atoms with van der Waals surface area (Å²) in [7, 11) is 3.02. The van der Waals surface area contributed by atoms with Gasteiger partial charge in [0.05, 0.1) is 36.6 Å². The van der Waals surface area contributed by atoms with E-state index in [-0.39, 0.29) is 0 Å². The van der Waals surface area contributed by atoms with Crippen molar-refractivity contribution < 1.29 is 14.3 Å². The van der Waals surface area contributed by atoms with E-state index in [0.29, 0.717) is 22.2 Å². The molecule has 3 rings (SSSR count). The number of nitrogens with one attached hydrogen (secondary N) is 1. The number of hydrogen-bond donors (Lipinski definition) is 1. The van der Waals surface area contributed by atoms with Gasteiger partial charge in [-0.05, 0) is 25.1 Å². The highest BCUT2D eigenvalue weighted by Crippen LogP contribution is 2.36. The Morgan fingerprint density at radius 1 is 1.17 bits per heavy atom. The molecule has 0 bridgehead atoms. The molecule has 1 aromatic heterocycles. The SMILES string of the molecule is COc1cc(OC)c(NC(=O)n2ncc3cc(C)ccc32)cc1Cl. The van der Waals surface area contributed by atoms with Crippen LogP contribution >= 0.6 is 11.6 Å². The van der Waals surface area contributed by atoms with Crippen LogP contribution in [0.5, 0.6) is 11.5 Å². The molecule has 0 unspecified atom stereocenters. The monoisotopic (exact) mass is 345 g/mol. The molecule has 0 aliphatic heterocycles. The number of carbonyl (C=O) groups is 1. The Bertz CT molecular complexity index is 921. The third-order valence-corrected chi connectivity index (χ3v) is 3.93. The molecule has 1 amide bonds. The first-order valence-electron chi connectivity index (χ1n) is 7.20. The lowest BCUT2D eigenvalue weighted by Gasteiger charge is -2.13. The fourth-order valence-corrected chi connectivity index (χ4v) is 2.68. The number of aryl methyl sites for hydroxylation is 1. The van der Waals surface area contributed by atoms with Gasteiger partial charge in [-0.1, -0.05) is 23.2 Å². The van der Waals surface area contributed by atoms with Gasteiger partial charge in [-0.25, -0.2) is 4.79 Å². The van der Waals surface area contributed by atoms with Gasteiger partial charge in [0.15, 0.2) is 0 Å². The standard InChI is InChI=1S/C17H16ClN3O3/c1-10-4-5-14-11(6-10)9-19-21(14)17(22)20-13-7-12(18)15(23-2)8-16(13)24-3/h4-9H,1-3H3,(H,20,22). The van der Waals surface area contributed by atoms with Gasteiger partial charge in [0.2, 0.25) is 0 Å². The zero-order valence-electron chi connectivity index (χ0n) is 13.5. The summed E-state index contributed by atoms with van der Waals surface area (Å²) in [6, 6.07) is 8.54. The maximum atomic E-state index is 12.6. The summed E-state index contributed by atoms with van der Waals surface area (Å²) in [6.07, 6.45) is 1.65. The number of fused-ring (bicyclic) bond motifs is 1. The number of carbonyl (C=O) groups excluding carboxylic acids is 1. The molecule has 0 fully saturated rings. The Kier molecular flexibility index (Phi) is 4.31. The van der Waals surface area contributed by atoms with Gasteiger partial charge in [-0.2, -0.15) is 9.78 Å². The number of ether oxygens (including phenoxy) is 2. The number of anilines is 1. The van der Waals surface area contributed by atoms with Gasteiger partial charge in [0, 0.05) is 11.5 Å². The van der Waals surface area contributed by atoms with E-state index in [1.807, 2.05) is 25.1 Å². The largest absolute Gasteiger partial charge is 0.495 e. The smallest absolute Gasteiger partial charge is 0.347 e. The van der Waals surface area contributed by atoms with Crippen molar-refractivity contribution >= 4 is 34.2 Å². The van der Waals surface area contributed by atoms with Crippen LogP contribution < -0.4 is 14.8 Å². The Labute approximate surface area is 143 Å². The molecule has 24 heavy (non-hydrogen) atoms. The molecule has 1 N–H and O–H groups in total. The molecular formula is C17H16ClN3O3. The fourth-order valence-electron chi connectivity index (χ4n) is 2.44. The van der Waals surface area contributed by atoms with Crippen LogP contribution in [-0.4, -0.2) is 30.0 Å². The zero-order chi connectivity index (χ0) is 17.3. The molecule has 2 aromatic carbocycles. The van der Waals surface area contributed by atoms with Crippen molar-refractivity contribution in [3.05, 3.63) is 47.1 Å². The molecular weight excluding hydrogens is 330 g/mol. The van der Waals surface area contributed by atoms with Crippen LogP contribution in [0.4, 0.5) is 10.5 Å². The minimum absolute atomic E-state index is 0.370. The van der Waals surface area contributed by atoms with E-state index in [4.69, 9.17) is 21.1 Å². The van der Waals surface area contributed by atoms with Gasteiger partial charge in [0.25, 0.3) is 0 Å². The van der Waals surface area contributed by atoms with E-state index in [0.717, 1.165) is 16.5 Å². The van der Waals surface area contributed by atoms with Crippen molar-refractivity contribution in [1.82, 2.24) is 9.78 Å². The number of amides is 1. The van der Waals surface area contributed by atoms with Gasteiger partial charge in [-0.15, -0.1) is 0 Å². The highest BCUT2D eigenvalue weighted by atomic mass is 35.5. The highest BCUT2D eigenvalue weighted by Gasteiger charge is 2.15. The van der Waals surface area contributed by atoms with Crippen molar-refractivity contribution in [2.45, 2.75) is 6.92 Å². The van der Waals surface area contributed by atoms with Crippen molar-refractivity contribution in [3.63, 3.8) is 0 Å². The normalized spacial score (nSPS) is 10.7. The van der Waals surface area contributed by atoms with E-state index in [2.05, 4.69) is 10.4 Å². The third kappa shape index (κ3) is 2.88. The fraction of sp³-hybridized carbons (Fsp3) is 0.176. The highest BCUT2D eigenvalue weighted by molar-refractivity contribution is 6.32. The van der Waals surface area contributed by atoms with E-state index < -0.39 is 6.03 Å². The molecule has 7 heteroatoms. The lowest BCUT2D eigenvalue weighted by Crippen LogP contribution is -2.20. The second-order valence-corrected chi connectivity index (χ2v) is 5.64. The van der Waals surface area contributed by atoms with E-state index in [1.165, 1.54) is 18.9 Å². The summed E-state index contributed by atoms with van der Waals surface area (Å²) in [5.74, 6) is 0.906. The summed E-state index contributed by atoms with van der Waals surface area (Å²) in [6.45, 7) is 1.99. The van der Waals surface area contributed by atoms with Crippen LogP contribution in [0.1, 0.15) is 5.56 Å². The van der Waals surface area contributed by atoms with Crippen molar-refractivity contribution in [2.24, 2.45) is 0 Å². The first-order chi connectivity index (χ1) is 11.5. The summed E-state index contributed by atoms with van der Waals surface area (Å²) >= 11 is 6.13. The van der Waals surface area contributed by atoms with Gasteiger partial charge < -0.3 is 14.8 Å². The molecule has 0 saturated heterocycles. The van der Waals surface area contributed by atoms with Crippen LogP contribution in [-0.2, 0) is 0 Å². The number of benzene rings is 2. The first kappa shape index (κ1) is 16.1. The second kappa shape index (κ2) is 6.41. The third-order valence-electron chi connectivity index (χ3n) is 3.63. The van der Waals surface area contributed by atoms with Crippen LogP contribution in [0, 0.1) is 6.92 Å². The van der Waals surface area contributed by atoms with Crippen LogP contribution in [0.2, 0.25) is 5.02 Å². The van der Waals surface area contributed by atoms with Crippen LogP contribution in [0.3, 0.4) is 0 Å². The topological polar surface area (TPSA) is 65.4 Å². The number of halogens is 1. The predicted molar refractivity (Wildman–Crippen MR) is 93.4 cm³/mol. The first-order valence-corrected chi connectivity index (χ1v) is 7.58. The molecule has 3 aromatic rings. The molecule has 6 nitrogen and oxygen atoms in total. The minimum Gasteiger partial charge on any atom is -0.495 e. The second-order valence-electron chi connectivity index (χ2n) is 5.24. The number of hydrogen-bond acceptors (Lipinski definition) is 4. The zero-order valence-corrected chi connectivity index (χ0v) is 14.2. The number of rotatable bonds is 3. The minimum atomic E-state index is -0.409. The molecule has 124 valence electrons. The number of methoxy groups -OCH3 is 2. The van der Waals surface area contributed by atoms with Gasteiger partial charge in [0.1, 0.15) is 11.5 Å². The average molecular weight is 346 g/mol. The molecule has 0 aliphatic rings. The summed E-state index contributed by atoms with van der Waals surface area (Å²) in [5, 5.41) is 8.17. The summed E-state index contributed by atoms with van der Waals surface area (Å²) < 4.78 is 11.7. The van der Waals surface area contributed by atoms with Gasteiger partial charge >= 0.3 is 6.03 Å². The number of aromatic nitrogens is 2. The quantitative estimate of drug-likeness (QED) is 0.776. The van der Waals surface area contributed by atoms with Crippen molar-refractivity contribution in [1.29, 1.82) is 0 Å². The lowest BCUT2D eigenvalue weighted by atomic mass is 10.2. The Morgan fingerprint density at radius 2 is 1.92 bits per heavy atom. The maximum absolute atomic E-state index is 12.6. The molecule has 1 heterocycles. The lowest BCUT2D eigenvalue weighted by molar-refractivity contribution is 0.251. The maximum Gasteiger partial charge on any atom is 0.347 e. The Hall–Kier alpha value is -2.73. The van der Waals surface area contributed by atoms with E-state index >= 15 is 0 Å². The van der Waals surface area contributed by atoms with Crippen molar-refractivity contribution in [2.75, 3.05) is 19.5 Å². The van der Waals surface area contributed by atoms with Crippen LogP contribution in [0.25, 0.3) is 10.9 Å². The summed E-state index contributed by atoms with van der Waals surface area (Å²) in [4.78, 5) is 12.6. The predicted octanol–water partition coefficient (Wildman–Crippen LogP) is 4.10. The molecule has 0 spiro atoms. The molecule has 0 aliphatic carbocycles. The van der Waals surface area contributed by atoms with E-state index in [1.54, 1.807) is 18.3 Å². The van der Waals surface area contributed by atoms with Crippen molar-refractivity contribution in [3.8, 4) is 11.5 Å². The molecule has 0 atom stereocenters. The van der Waals surface area contributed by atoms with Crippen LogP contribution in [0.15, 0.2) is 36.5 Å². The average Bonchev–Trinajstić information content (AvgIpc) is 2.98. The molecule has 0 saturated carbocycles. The number of nitrogens with zero attached hydrogens (tertiary/aromatic N) is 2. The van der Waals surface area contributed by atoms with Gasteiger partial charge in [-0.3, -0.25) is 0 Å². The Morgan fingerprint density at radius 3 is 2.62 bits per heavy atom. The van der Waals surface area contributed by atoms with E-state index in [9.17, 15) is 4.79 Å². The summed E-state index contributed by atoms with van der Waals surface area (Å²) in [5.41, 5.74) is 2.26. The Balaban J connectivity index is 1.95.